The summed E-state index contributed by atoms with van der Waals surface area (Å²) in [5.74, 6) is 0.517. The molecular weight excluding hydrogens is 544 g/mol. The summed E-state index contributed by atoms with van der Waals surface area (Å²) < 4.78 is 11.8. The third-order valence-electron chi connectivity index (χ3n) is 9.16. The van der Waals surface area contributed by atoms with Crippen LogP contribution < -0.4 is 21.0 Å². The van der Waals surface area contributed by atoms with E-state index in [4.69, 9.17) is 11.3 Å². The maximum absolute atomic E-state index is 10.7. The number of anilines is 1. The molecule has 9 atom stereocenters. The lowest BCUT2D eigenvalue weighted by Crippen LogP contribution is -2.38. The van der Waals surface area contributed by atoms with E-state index in [9.17, 15) is 20.4 Å². The van der Waals surface area contributed by atoms with Gasteiger partial charge < -0.3 is 50.1 Å². The van der Waals surface area contributed by atoms with Gasteiger partial charge in [0.1, 0.15) is 30.3 Å². The Hall–Kier alpha value is -3.54. The number of aliphatic hydroxyl groups is 4. The van der Waals surface area contributed by atoms with E-state index in [0.29, 0.717) is 66.1 Å². The quantitative estimate of drug-likeness (QED) is 0.127. The van der Waals surface area contributed by atoms with Gasteiger partial charge in [0, 0.05) is 25.2 Å². The maximum atomic E-state index is 10.7. The van der Waals surface area contributed by atoms with E-state index in [-0.39, 0.29) is 30.5 Å². The second-order valence-electron chi connectivity index (χ2n) is 11.4. The molecule has 224 valence electrons. The minimum atomic E-state index is -0.991. The van der Waals surface area contributed by atoms with Crippen molar-refractivity contribution >= 4 is 28.3 Å². The van der Waals surface area contributed by atoms with Crippen LogP contribution in [0.3, 0.4) is 0 Å². The molecule has 7 N–H and O–H groups in total. The number of aromatic amines is 1. The number of imidazole rings is 2. The Morgan fingerprint density at radius 1 is 0.929 bits per heavy atom. The first-order chi connectivity index (χ1) is 20.8. The fourth-order valence-corrected chi connectivity index (χ4v) is 6.73. The number of likely N-dealkylation sites (N-methyl/N-ethyl adjacent to an activating group) is 2. The molecule has 4 aromatic rings. The van der Waals surface area contributed by atoms with E-state index in [2.05, 4.69) is 35.6 Å². The molecule has 1 saturated heterocycles. The Kier molecular flexibility index (Phi) is 6.61. The average Bonchev–Trinajstić information content (AvgIpc) is 3.82. The average molecular weight is 583 g/mol. The molecule has 0 unspecified atom stereocenters. The van der Waals surface area contributed by atoms with Crippen molar-refractivity contribution in [2.24, 2.45) is 4.99 Å². The predicted molar refractivity (Wildman–Crippen MR) is 150 cm³/mol. The van der Waals surface area contributed by atoms with E-state index in [0.717, 1.165) is 0 Å². The van der Waals surface area contributed by atoms with Gasteiger partial charge in [-0.1, -0.05) is 0 Å². The number of fused-ring (bicyclic) bond motifs is 2. The number of aliphatic hydroxyl groups excluding tert-OH is 4. The number of nitrogens with one attached hydrogen (secondary N) is 3. The van der Waals surface area contributed by atoms with Gasteiger partial charge in [0.25, 0.3) is 0 Å². The zero-order valence-electron chi connectivity index (χ0n) is 24.3. The molecule has 3 aliphatic rings. The second-order valence-corrected chi connectivity index (χ2v) is 11.4. The minimum Gasteiger partial charge on any atom is -0.389 e. The Morgan fingerprint density at radius 2 is 1.62 bits per heavy atom. The highest BCUT2D eigenvalue weighted by atomic mass is 16.3. The maximum Gasteiger partial charge on any atom is 0.227 e. The molecule has 0 radical (unpaired) electrons. The Balaban J connectivity index is 1.15. The van der Waals surface area contributed by atoms with E-state index < -0.39 is 30.5 Å². The van der Waals surface area contributed by atoms with Crippen LogP contribution in [0.25, 0.3) is 22.3 Å². The van der Waals surface area contributed by atoms with Gasteiger partial charge in [-0.05, 0) is 33.4 Å². The Labute approximate surface area is 241 Å². The van der Waals surface area contributed by atoms with Crippen molar-refractivity contribution in [1.82, 2.24) is 49.7 Å². The van der Waals surface area contributed by atoms with Crippen molar-refractivity contribution in [2.75, 3.05) is 32.1 Å². The molecule has 16 heteroatoms. The smallest absolute Gasteiger partial charge is 0.227 e. The van der Waals surface area contributed by atoms with Crippen LogP contribution in [0.5, 0.6) is 0 Å². The summed E-state index contributed by atoms with van der Waals surface area (Å²) in [5.41, 5.74) is 2.53. The summed E-state index contributed by atoms with van der Waals surface area (Å²) in [4.78, 5) is 32.4. The van der Waals surface area contributed by atoms with Crippen LogP contribution in [0.4, 0.5) is 5.95 Å². The molecule has 0 amide bonds. The van der Waals surface area contributed by atoms with Crippen LogP contribution in [-0.4, -0.2) is 129 Å². The van der Waals surface area contributed by atoms with Crippen LogP contribution in [0.2, 0.25) is 0 Å². The lowest BCUT2D eigenvalue weighted by atomic mass is 10.2. The van der Waals surface area contributed by atoms with Gasteiger partial charge in [-0.3, -0.25) is 4.99 Å². The standard InChI is InChI=1S/C26H36N12O4/c1-27-13-5-16(21(41)19(13)39)37-10-32-15-7-29-26(35-24(15)37)36-4-3-12(8-36)34-23-18-25(31-9-30-23)38(11-33-18)17-6-14(28-2)20(40)22(17)42/h7,9-14,16-17,19-22,27-28,39-42H,3-6,8H2,1-2H3,(H,30,31,34)/t12-,13+,14+,16-,17-,19-,20-,21+,22+/m1/s1/i9T. The van der Waals surface area contributed by atoms with Gasteiger partial charge in [-0.25, -0.2) is 19.9 Å². The van der Waals surface area contributed by atoms with Gasteiger partial charge in [0.2, 0.25) is 5.95 Å². The van der Waals surface area contributed by atoms with E-state index >= 15 is 0 Å². The van der Waals surface area contributed by atoms with Gasteiger partial charge >= 0.3 is 0 Å². The van der Waals surface area contributed by atoms with Crippen molar-refractivity contribution in [3.8, 4) is 0 Å². The third kappa shape index (κ3) is 4.37. The number of hydrogen-bond donors (Lipinski definition) is 7. The summed E-state index contributed by atoms with van der Waals surface area (Å²) in [5, 5.41) is 48.3. The Morgan fingerprint density at radius 3 is 2.31 bits per heavy atom. The lowest BCUT2D eigenvalue weighted by Gasteiger charge is -2.19. The first kappa shape index (κ1) is 26.1. The zero-order chi connectivity index (χ0) is 30.0. The largest absolute Gasteiger partial charge is 0.389 e. The first-order valence-electron chi connectivity index (χ1n) is 14.8. The first-order valence-corrected chi connectivity index (χ1v) is 14.3. The Bertz CT molecular complexity index is 1710. The van der Waals surface area contributed by atoms with Crippen molar-refractivity contribution in [3.63, 3.8) is 0 Å². The molecule has 5 heterocycles. The summed E-state index contributed by atoms with van der Waals surface area (Å²) >= 11 is 0. The summed E-state index contributed by atoms with van der Waals surface area (Å²) in [6.07, 6.45) is 2.80. The molecule has 3 fully saturated rings. The molecule has 7 rings (SSSR count). The molecule has 0 bridgehead atoms. The number of aromatic nitrogens is 8. The van der Waals surface area contributed by atoms with Gasteiger partial charge in [0.05, 0.1) is 55.5 Å². The van der Waals surface area contributed by atoms with Gasteiger partial charge in [-0.15, -0.1) is 0 Å². The van der Waals surface area contributed by atoms with E-state index in [1.165, 1.54) is 0 Å². The highest BCUT2D eigenvalue weighted by molar-refractivity contribution is 5.71. The van der Waals surface area contributed by atoms with Gasteiger partial charge in [0.15, 0.2) is 11.1 Å². The summed E-state index contributed by atoms with van der Waals surface area (Å²) in [6.45, 7) is 1.18. The third-order valence-corrected chi connectivity index (χ3v) is 9.16. The van der Waals surface area contributed by atoms with Crippen LogP contribution in [0.15, 0.2) is 30.1 Å². The number of hydrogen-bond acceptors (Lipinski definition) is 13. The summed E-state index contributed by atoms with van der Waals surface area (Å²) in [7, 11) is 3.51. The monoisotopic (exact) mass is 582 g/mol. The fraction of sp³-hybridized carbons (Fsp3) is 0.615. The van der Waals surface area contributed by atoms with Crippen LogP contribution >= 0.6 is 0 Å². The van der Waals surface area contributed by atoms with Crippen LogP contribution in [-0.2, 0) is 0 Å². The van der Waals surface area contributed by atoms with E-state index in [1.54, 1.807) is 37.5 Å². The highest BCUT2D eigenvalue weighted by Gasteiger charge is 2.43. The van der Waals surface area contributed by atoms with Crippen molar-refractivity contribution < 1.29 is 21.8 Å². The number of rotatable bonds is 6. The van der Waals surface area contributed by atoms with Gasteiger partial charge in [-0.2, -0.15) is 4.98 Å². The molecule has 42 heavy (non-hydrogen) atoms. The molecular formula is C26H36N12O4. The molecule has 1 aliphatic heterocycles. The minimum absolute atomic E-state index is 0.0807. The fourth-order valence-electron chi connectivity index (χ4n) is 6.73. The normalized spacial score (nSPS) is 34.3. The van der Waals surface area contributed by atoms with Crippen molar-refractivity contribution in [2.45, 2.75) is 73.9 Å². The molecule has 4 aromatic heterocycles. The topological polar surface area (TPSA) is 211 Å². The highest BCUT2D eigenvalue weighted by Crippen LogP contribution is 2.34. The van der Waals surface area contributed by atoms with Crippen LogP contribution in [0.1, 0.15) is 32.7 Å². The molecule has 0 aromatic carbocycles. The SMILES string of the molecule is [3H]c1nc(=N[C@@H]2CCN(c3ncc4ncn([C@@H]5C[C@H](NC)[C@@H](O)[C@H]5O)c4n3)C2)c2ncn([C@@H]3C[C@H](NC)[C@@H](O)[C@H]3O)c2[nH]1. The number of nitrogens with zero attached hydrogens (tertiary/aromatic N) is 9. The zero-order valence-corrected chi connectivity index (χ0v) is 23.3. The number of H-pyrrole nitrogens is 1. The predicted octanol–water partition coefficient (Wildman–Crippen LogP) is -2.41. The molecule has 16 nitrogen and oxygen atoms in total. The lowest BCUT2D eigenvalue weighted by molar-refractivity contribution is 0.0151. The van der Waals surface area contributed by atoms with Crippen molar-refractivity contribution in [1.29, 1.82) is 0 Å². The summed E-state index contributed by atoms with van der Waals surface area (Å²) in [6, 6.07) is -1.44. The van der Waals surface area contributed by atoms with Crippen LogP contribution in [0, 0.1) is 0 Å². The molecule has 0 spiro atoms. The molecule has 2 aliphatic carbocycles. The van der Waals surface area contributed by atoms with E-state index in [1.807, 2.05) is 9.47 Å². The second kappa shape index (κ2) is 10.6. The van der Waals surface area contributed by atoms with Crippen molar-refractivity contribution in [3.05, 3.63) is 30.6 Å². The molecule has 2 saturated carbocycles.